The van der Waals surface area contributed by atoms with Gasteiger partial charge < -0.3 is 19.1 Å². The number of carbonyl (C=O) groups is 1. The molecular formula is C28H38N2O4. The van der Waals surface area contributed by atoms with E-state index in [2.05, 4.69) is 29.7 Å². The second-order valence-electron chi connectivity index (χ2n) is 11.0. The van der Waals surface area contributed by atoms with Crippen LogP contribution in [0.5, 0.6) is 5.75 Å². The van der Waals surface area contributed by atoms with E-state index in [9.17, 15) is 4.79 Å². The molecule has 1 amide bonds. The monoisotopic (exact) mass is 466 g/mol. The molecule has 2 aliphatic carbocycles. The van der Waals surface area contributed by atoms with E-state index in [-0.39, 0.29) is 5.92 Å². The normalized spacial score (nSPS) is 30.8. The van der Waals surface area contributed by atoms with Gasteiger partial charge in [0.15, 0.2) is 0 Å². The molecule has 0 atom stereocenters. The maximum absolute atomic E-state index is 12.9. The van der Waals surface area contributed by atoms with Gasteiger partial charge in [0, 0.05) is 56.5 Å². The highest BCUT2D eigenvalue weighted by Gasteiger charge is 2.51. The van der Waals surface area contributed by atoms with Crippen LogP contribution in [0, 0.1) is 5.92 Å². The number of carbonyl (C=O) groups excluding carboxylic acids is 1. The van der Waals surface area contributed by atoms with Crippen LogP contribution < -0.4 is 4.74 Å². The van der Waals surface area contributed by atoms with E-state index < -0.39 is 11.4 Å². The molecule has 3 aliphatic heterocycles. The molecule has 1 aromatic rings. The number of hydrogen-bond donors (Lipinski definition) is 0. The first-order chi connectivity index (χ1) is 16.6. The van der Waals surface area contributed by atoms with Crippen LogP contribution in [-0.4, -0.2) is 60.3 Å². The number of ether oxygens (including phenoxy) is 3. The first-order valence-corrected chi connectivity index (χ1v) is 13.3. The maximum atomic E-state index is 12.9. The van der Waals surface area contributed by atoms with Gasteiger partial charge >= 0.3 is 0 Å². The predicted octanol–water partition coefficient (Wildman–Crippen LogP) is 4.37. The number of hydrogen-bond acceptors (Lipinski definition) is 5. The van der Waals surface area contributed by atoms with Crippen molar-refractivity contribution in [2.75, 3.05) is 32.8 Å². The molecule has 0 aromatic heterocycles. The number of piperidine rings is 1. The van der Waals surface area contributed by atoms with Crippen LogP contribution >= 0.6 is 0 Å². The van der Waals surface area contributed by atoms with Crippen LogP contribution in [0.4, 0.5) is 0 Å². The fourth-order valence-electron chi connectivity index (χ4n) is 6.50. The molecule has 2 saturated carbocycles. The number of benzene rings is 1. The van der Waals surface area contributed by atoms with Crippen molar-refractivity contribution in [2.24, 2.45) is 5.92 Å². The van der Waals surface area contributed by atoms with Gasteiger partial charge in [-0.05, 0) is 56.2 Å². The molecule has 3 heterocycles. The highest BCUT2D eigenvalue weighted by Crippen LogP contribution is 2.51. The van der Waals surface area contributed by atoms with Crippen LogP contribution in [0.1, 0.15) is 68.9 Å². The predicted molar refractivity (Wildman–Crippen MR) is 129 cm³/mol. The van der Waals surface area contributed by atoms with Crippen LogP contribution in [0.15, 0.2) is 30.9 Å². The van der Waals surface area contributed by atoms with Gasteiger partial charge in [-0.1, -0.05) is 18.6 Å². The molecular weight excluding hydrogens is 428 g/mol. The van der Waals surface area contributed by atoms with Gasteiger partial charge in [0.05, 0.1) is 18.8 Å². The van der Waals surface area contributed by atoms with E-state index in [1.165, 1.54) is 19.3 Å². The Morgan fingerprint density at radius 1 is 1.12 bits per heavy atom. The molecule has 184 valence electrons. The zero-order valence-electron chi connectivity index (χ0n) is 20.3. The Hall–Kier alpha value is -1.89. The molecule has 34 heavy (non-hydrogen) atoms. The molecule has 1 aromatic carbocycles. The van der Waals surface area contributed by atoms with Crippen LogP contribution in [-0.2, 0) is 26.5 Å². The van der Waals surface area contributed by atoms with Crippen molar-refractivity contribution < 1.29 is 19.0 Å². The summed E-state index contributed by atoms with van der Waals surface area (Å²) < 4.78 is 19.2. The molecule has 0 bridgehead atoms. The van der Waals surface area contributed by atoms with E-state index in [0.717, 1.165) is 87.6 Å². The van der Waals surface area contributed by atoms with Crippen molar-refractivity contribution in [3.63, 3.8) is 0 Å². The lowest BCUT2D eigenvalue weighted by Gasteiger charge is -2.49. The summed E-state index contributed by atoms with van der Waals surface area (Å²) in [4.78, 5) is 17.6. The SMILES string of the molecule is C=CCOC1(c2ccc3c(c2)COC2(CCN(C4CCC4)CC2)O3)CC(C(=O)N2CCCC2)C1. The minimum atomic E-state index is -0.477. The second-order valence-corrected chi connectivity index (χ2v) is 11.0. The molecule has 0 radical (unpaired) electrons. The second kappa shape index (κ2) is 8.96. The topological polar surface area (TPSA) is 51.2 Å². The van der Waals surface area contributed by atoms with E-state index >= 15 is 0 Å². The molecule has 6 rings (SSSR count). The first kappa shape index (κ1) is 22.6. The third-order valence-electron chi connectivity index (χ3n) is 8.92. The van der Waals surface area contributed by atoms with Crippen molar-refractivity contribution in [3.05, 3.63) is 42.0 Å². The number of likely N-dealkylation sites (tertiary alicyclic amines) is 2. The smallest absolute Gasteiger partial charge is 0.225 e. The molecule has 2 saturated heterocycles. The molecule has 6 heteroatoms. The van der Waals surface area contributed by atoms with Gasteiger partial charge in [-0.15, -0.1) is 6.58 Å². The van der Waals surface area contributed by atoms with Gasteiger partial charge in [-0.3, -0.25) is 9.69 Å². The van der Waals surface area contributed by atoms with Crippen LogP contribution in [0.3, 0.4) is 0 Å². The quantitative estimate of drug-likeness (QED) is 0.583. The van der Waals surface area contributed by atoms with Crippen molar-refractivity contribution in [3.8, 4) is 5.75 Å². The van der Waals surface area contributed by atoms with E-state index in [1.807, 2.05) is 4.90 Å². The molecule has 4 fully saturated rings. The standard InChI is InChI=1S/C28H38N2O4/c1-2-16-32-27(18-22(19-27)26(31)30-12-3-4-13-30)23-8-9-25-21(17-23)20-33-28(34-25)10-14-29(15-11-28)24-6-5-7-24/h2,8-9,17,22,24H,1,3-7,10-16,18-20H2. The van der Waals surface area contributed by atoms with Crippen LogP contribution in [0.2, 0.25) is 0 Å². The van der Waals surface area contributed by atoms with E-state index in [1.54, 1.807) is 6.08 Å². The lowest BCUT2D eigenvalue weighted by Crippen LogP contribution is -2.54. The number of fused-ring (bicyclic) bond motifs is 1. The number of rotatable bonds is 6. The van der Waals surface area contributed by atoms with Gasteiger partial charge in [0.2, 0.25) is 11.7 Å². The van der Waals surface area contributed by atoms with Crippen molar-refractivity contribution in [1.82, 2.24) is 9.80 Å². The van der Waals surface area contributed by atoms with Gasteiger partial charge in [0.25, 0.3) is 0 Å². The summed E-state index contributed by atoms with van der Waals surface area (Å²) in [5.74, 6) is 0.816. The van der Waals surface area contributed by atoms with Crippen molar-refractivity contribution in [2.45, 2.75) is 81.8 Å². The lowest BCUT2D eigenvalue weighted by atomic mass is 9.66. The Balaban J connectivity index is 1.14. The maximum Gasteiger partial charge on any atom is 0.225 e. The third-order valence-corrected chi connectivity index (χ3v) is 8.92. The highest BCUT2D eigenvalue weighted by molar-refractivity contribution is 5.80. The molecule has 6 nitrogen and oxygen atoms in total. The van der Waals surface area contributed by atoms with E-state index in [0.29, 0.717) is 19.1 Å². The zero-order chi connectivity index (χ0) is 23.2. The third kappa shape index (κ3) is 3.98. The summed E-state index contributed by atoms with van der Waals surface area (Å²) in [5.41, 5.74) is 1.79. The zero-order valence-corrected chi connectivity index (χ0v) is 20.3. The molecule has 5 aliphatic rings. The highest BCUT2D eigenvalue weighted by atomic mass is 16.7. The Bertz CT molecular complexity index is 922. The Morgan fingerprint density at radius 3 is 2.56 bits per heavy atom. The van der Waals surface area contributed by atoms with Crippen molar-refractivity contribution >= 4 is 5.91 Å². The average molecular weight is 467 g/mol. The van der Waals surface area contributed by atoms with Gasteiger partial charge in [-0.2, -0.15) is 0 Å². The average Bonchev–Trinajstić information content (AvgIpc) is 3.34. The van der Waals surface area contributed by atoms with Crippen LogP contribution in [0.25, 0.3) is 0 Å². The largest absolute Gasteiger partial charge is 0.462 e. The fraction of sp³-hybridized carbons (Fsp3) is 0.679. The number of nitrogens with zero attached hydrogens (tertiary/aromatic N) is 2. The minimum Gasteiger partial charge on any atom is -0.462 e. The summed E-state index contributed by atoms with van der Waals surface area (Å²) >= 11 is 0. The molecule has 0 N–H and O–H groups in total. The summed E-state index contributed by atoms with van der Waals surface area (Å²) in [6.07, 6.45) is 11.4. The summed E-state index contributed by atoms with van der Waals surface area (Å²) in [6, 6.07) is 7.21. The summed E-state index contributed by atoms with van der Waals surface area (Å²) in [6.45, 7) is 8.81. The number of amides is 1. The molecule has 0 unspecified atom stereocenters. The fourth-order valence-corrected chi connectivity index (χ4v) is 6.50. The summed E-state index contributed by atoms with van der Waals surface area (Å²) in [7, 11) is 0. The van der Waals surface area contributed by atoms with Gasteiger partial charge in [0.1, 0.15) is 5.75 Å². The first-order valence-electron chi connectivity index (χ1n) is 13.3. The minimum absolute atomic E-state index is 0.0515. The van der Waals surface area contributed by atoms with Gasteiger partial charge in [-0.25, -0.2) is 0 Å². The Labute approximate surface area is 203 Å². The summed E-state index contributed by atoms with van der Waals surface area (Å²) in [5, 5.41) is 0. The Kier molecular flexibility index (Phi) is 5.95. The Morgan fingerprint density at radius 2 is 1.88 bits per heavy atom. The van der Waals surface area contributed by atoms with Crippen molar-refractivity contribution in [1.29, 1.82) is 0 Å². The molecule has 1 spiro atoms. The lowest BCUT2D eigenvalue weighted by molar-refractivity contribution is -0.231. The van der Waals surface area contributed by atoms with E-state index in [4.69, 9.17) is 14.2 Å².